The Balaban J connectivity index is 3.81. The summed E-state index contributed by atoms with van der Waals surface area (Å²) < 4.78 is 10.5. The smallest absolute Gasteiger partial charge is 0.410 e. The third-order valence-corrected chi connectivity index (χ3v) is 5.48. The number of carbonyl (C=O) groups is 2. The van der Waals surface area contributed by atoms with Gasteiger partial charge in [0.1, 0.15) is 6.04 Å². The van der Waals surface area contributed by atoms with Gasteiger partial charge in [-0.15, -0.1) is 0 Å². The van der Waals surface area contributed by atoms with E-state index < -0.39 is 12.1 Å². The zero-order chi connectivity index (χ0) is 22.6. The highest BCUT2D eigenvalue weighted by molar-refractivity contribution is 5.81. The molecule has 0 saturated carbocycles. The monoisotopic (exact) mass is 427 g/mol. The van der Waals surface area contributed by atoms with Crippen molar-refractivity contribution < 1.29 is 19.1 Å². The lowest BCUT2D eigenvalue weighted by Crippen LogP contribution is -2.44. The largest absolute Gasteiger partial charge is 0.464 e. The molecule has 0 saturated heterocycles. The molecule has 0 aliphatic heterocycles. The first-order valence-corrected chi connectivity index (χ1v) is 12.5. The van der Waals surface area contributed by atoms with Gasteiger partial charge in [-0.1, -0.05) is 97.8 Å². The average Bonchev–Trinajstić information content (AvgIpc) is 2.71. The van der Waals surface area contributed by atoms with E-state index in [1.54, 1.807) is 14.0 Å². The third kappa shape index (κ3) is 15.6. The highest BCUT2D eigenvalue weighted by Crippen LogP contribution is 2.15. The molecule has 0 aromatic rings. The number of carbonyl (C=O) groups excluding carboxylic acids is 2. The summed E-state index contributed by atoms with van der Waals surface area (Å²) in [6, 6.07) is -0.578. The van der Waals surface area contributed by atoms with Gasteiger partial charge in [0.25, 0.3) is 0 Å². The second kappa shape index (κ2) is 19.7. The Morgan fingerprint density at radius 3 is 1.63 bits per heavy atom. The molecule has 0 spiro atoms. The standard InChI is InChI=1S/C25H49NO4/c1-6-8-9-10-11-12-13-14-15-16-17-18-19-20-30-24(27)23(21-22(3)4)26(5)25(28)29-7-2/h22-23H,6-21H2,1-5H3. The van der Waals surface area contributed by atoms with E-state index in [1.807, 2.05) is 13.8 Å². The Morgan fingerprint density at radius 1 is 0.733 bits per heavy atom. The Bertz CT molecular complexity index is 425. The van der Waals surface area contributed by atoms with Crippen molar-refractivity contribution in [2.75, 3.05) is 20.3 Å². The molecule has 0 aliphatic carbocycles. The van der Waals surface area contributed by atoms with Crippen LogP contribution in [0.3, 0.4) is 0 Å². The maximum atomic E-state index is 12.5. The van der Waals surface area contributed by atoms with E-state index in [2.05, 4.69) is 6.92 Å². The molecule has 1 unspecified atom stereocenters. The maximum absolute atomic E-state index is 12.5. The molecule has 0 aliphatic rings. The Kier molecular flexibility index (Phi) is 18.9. The zero-order valence-corrected chi connectivity index (χ0v) is 20.5. The van der Waals surface area contributed by atoms with Crippen LogP contribution >= 0.6 is 0 Å². The van der Waals surface area contributed by atoms with Gasteiger partial charge in [0.05, 0.1) is 13.2 Å². The predicted octanol–water partition coefficient (Wildman–Crippen LogP) is 7.12. The van der Waals surface area contributed by atoms with E-state index in [0.717, 1.165) is 12.8 Å². The van der Waals surface area contributed by atoms with Crippen molar-refractivity contribution in [3.8, 4) is 0 Å². The molecule has 30 heavy (non-hydrogen) atoms. The predicted molar refractivity (Wildman–Crippen MR) is 125 cm³/mol. The maximum Gasteiger partial charge on any atom is 0.410 e. The summed E-state index contributed by atoms with van der Waals surface area (Å²) in [6.45, 7) is 8.82. The van der Waals surface area contributed by atoms with Crippen LogP contribution in [-0.4, -0.2) is 43.3 Å². The SMILES string of the molecule is CCCCCCCCCCCCCCCOC(=O)C(CC(C)C)N(C)C(=O)OCC. The van der Waals surface area contributed by atoms with Crippen LogP contribution in [0.1, 0.15) is 118 Å². The van der Waals surface area contributed by atoms with Gasteiger partial charge in [0.2, 0.25) is 0 Å². The first-order valence-electron chi connectivity index (χ1n) is 12.5. The Morgan fingerprint density at radius 2 is 1.20 bits per heavy atom. The summed E-state index contributed by atoms with van der Waals surface area (Å²) in [7, 11) is 1.61. The minimum atomic E-state index is -0.578. The molecule has 0 bridgehead atoms. The van der Waals surface area contributed by atoms with Gasteiger partial charge in [-0.25, -0.2) is 9.59 Å². The van der Waals surface area contributed by atoms with Crippen molar-refractivity contribution in [1.82, 2.24) is 4.90 Å². The fourth-order valence-corrected chi connectivity index (χ4v) is 3.60. The Hall–Kier alpha value is -1.26. The minimum absolute atomic E-state index is 0.288. The molecular formula is C25H49NO4. The number of likely N-dealkylation sites (N-methyl/N-ethyl adjacent to an activating group) is 1. The summed E-state index contributed by atoms with van der Waals surface area (Å²) in [5, 5.41) is 0. The fraction of sp³-hybridized carbons (Fsp3) is 0.920. The third-order valence-electron chi connectivity index (χ3n) is 5.48. The number of ether oxygens (including phenoxy) is 2. The molecule has 178 valence electrons. The van der Waals surface area contributed by atoms with Crippen LogP contribution < -0.4 is 0 Å². The van der Waals surface area contributed by atoms with Crippen LogP contribution in [0.2, 0.25) is 0 Å². The van der Waals surface area contributed by atoms with E-state index in [4.69, 9.17) is 9.47 Å². The van der Waals surface area contributed by atoms with Crippen molar-refractivity contribution >= 4 is 12.1 Å². The van der Waals surface area contributed by atoms with Gasteiger partial charge < -0.3 is 9.47 Å². The number of amides is 1. The number of esters is 1. The lowest BCUT2D eigenvalue weighted by atomic mass is 10.0. The van der Waals surface area contributed by atoms with Gasteiger partial charge in [-0.05, 0) is 25.7 Å². The summed E-state index contributed by atoms with van der Waals surface area (Å²) >= 11 is 0. The quantitative estimate of drug-likeness (QED) is 0.163. The van der Waals surface area contributed by atoms with Crippen molar-refractivity contribution in [2.45, 2.75) is 124 Å². The molecule has 0 radical (unpaired) electrons. The summed E-state index contributed by atoms with van der Waals surface area (Å²) in [4.78, 5) is 25.8. The van der Waals surface area contributed by atoms with Gasteiger partial charge in [0.15, 0.2) is 0 Å². The highest BCUT2D eigenvalue weighted by Gasteiger charge is 2.29. The van der Waals surface area contributed by atoms with Gasteiger partial charge in [-0.3, -0.25) is 4.90 Å². The second-order valence-electron chi connectivity index (χ2n) is 8.87. The molecule has 0 rings (SSSR count). The van der Waals surface area contributed by atoms with E-state index in [9.17, 15) is 9.59 Å². The summed E-state index contributed by atoms with van der Waals surface area (Å²) in [5.41, 5.74) is 0. The van der Waals surface area contributed by atoms with Crippen molar-refractivity contribution in [3.05, 3.63) is 0 Å². The molecule has 5 heteroatoms. The Labute approximate surface area is 186 Å². The van der Waals surface area contributed by atoms with Gasteiger partial charge >= 0.3 is 12.1 Å². The molecular weight excluding hydrogens is 378 g/mol. The molecule has 0 N–H and O–H groups in total. The molecule has 5 nitrogen and oxygen atoms in total. The molecule has 0 aromatic heterocycles. The normalized spacial score (nSPS) is 12.1. The van der Waals surface area contributed by atoms with Crippen LogP contribution in [0, 0.1) is 5.92 Å². The summed E-state index contributed by atoms with van der Waals surface area (Å²) in [6.07, 6.45) is 16.9. The van der Waals surface area contributed by atoms with Crippen molar-refractivity contribution in [3.63, 3.8) is 0 Å². The number of nitrogens with zero attached hydrogens (tertiary/aromatic N) is 1. The van der Waals surface area contributed by atoms with Crippen LogP contribution in [-0.2, 0) is 14.3 Å². The zero-order valence-electron chi connectivity index (χ0n) is 20.5. The van der Waals surface area contributed by atoms with E-state index >= 15 is 0 Å². The lowest BCUT2D eigenvalue weighted by molar-refractivity contribution is -0.149. The molecule has 0 fully saturated rings. The molecule has 1 atom stereocenters. The molecule has 1 amide bonds. The topological polar surface area (TPSA) is 55.8 Å². The number of rotatable bonds is 19. The first-order chi connectivity index (χ1) is 14.4. The minimum Gasteiger partial charge on any atom is -0.464 e. The van der Waals surface area contributed by atoms with Gasteiger partial charge in [-0.2, -0.15) is 0 Å². The van der Waals surface area contributed by atoms with Crippen molar-refractivity contribution in [1.29, 1.82) is 0 Å². The van der Waals surface area contributed by atoms with Crippen molar-refractivity contribution in [2.24, 2.45) is 5.92 Å². The van der Waals surface area contributed by atoms with Crippen LogP contribution in [0.25, 0.3) is 0 Å². The number of unbranched alkanes of at least 4 members (excludes halogenated alkanes) is 12. The molecule has 0 heterocycles. The van der Waals surface area contributed by atoms with Crippen LogP contribution in [0.4, 0.5) is 4.79 Å². The second-order valence-corrected chi connectivity index (χ2v) is 8.87. The summed E-state index contributed by atoms with van der Waals surface area (Å²) in [5.74, 6) is -0.0334. The number of hydrogen-bond acceptors (Lipinski definition) is 4. The van der Waals surface area contributed by atoms with Gasteiger partial charge in [0, 0.05) is 7.05 Å². The van der Waals surface area contributed by atoms with E-state index in [0.29, 0.717) is 19.6 Å². The average molecular weight is 428 g/mol. The lowest BCUT2D eigenvalue weighted by Gasteiger charge is -2.27. The molecule has 0 aromatic carbocycles. The highest BCUT2D eigenvalue weighted by atomic mass is 16.6. The van der Waals surface area contributed by atoms with Crippen LogP contribution in [0.5, 0.6) is 0 Å². The fourth-order valence-electron chi connectivity index (χ4n) is 3.60. The van der Waals surface area contributed by atoms with E-state index in [-0.39, 0.29) is 11.9 Å². The van der Waals surface area contributed by atoms with E-state index in [1.165, 1.54) is 75.5 Å². The first kappa shape index (κ1) is 28.7. The van der Waals surface area contributed by atoms with Crippen LogP contribution in [0.15, 0.2) is 0 Å². The number of hydrogen-bond donors (Lipinski definition) is 0.